The fourth-order valence-electron chi connectivity index (χ4n) is 4.80. The summed E-state index contributed by atoms with van der Waals surface area (Å²) in [6.45, 7) is 4.36. The summed E-state index contributed by atoms with van der Waals surface area (Å²) in [5.41, 5.74) is 4.30. The molecule has 3 rings (SSSR count). The van der Waals surface area contributed by atoms with Gasteiger partial charge in [0.1, 0.15) is 6.61 Å². The molecule has 2 N–H and O–H groups in total. The van der Waals surface area contributed by atoms with Gasteiger partial charge in [-0.1, -0.05) is 111 Å². The summed E-state index contributed by atoms with van der Waals surface area (Å²) >= 11 is 0. The van der Waals surface area contributed by atoms with Gasteiger partial charge in [0.25, 0.3) is 0 Å². The number of carboxylic acid groups (broad SMARTS) is 1. The second kappa shape index (κ2) is 15.1. The summed E-state index contributed by atoms with van der Waals surface area (Å²) in [5.74, 6) is 5.89. The minimum absolute atomic E-state index is 0.129. The smallest absolute Gasteiger partial charge is 0.329 e. The van der Waals surface area contributed by atoms with Crippen molar-refractivity contribution in [3.8, 4) is 11.8 Å². The zero-order chi connectivity index (χ0) is 27.2. The van der Waals surface area contributed by atoms with Crippen molar-refractivity contribution in [1.82, 2.24) is 0 Å². The van der Waals surface area contributed by atoms with E-state index in [4.69, 9.17) is 9.84 Å². The van der Waals surface area contributed by atoms with Crippen molar-refractivity contribution < 1.29 is 19.7 Å². The van der Waals surface area contributed by atoms with E-state index in [9.17, 15) is 9.90 Å². The van der Waals surface area contributed by atoms with Gasteiger partial charge in [-0.3, -0.25) is 0 Å². The Morgan fingerprint density at radius 3 is 2.37 bits per heavy atom. The minimum atomic E-state index is -0.962. The Morgan fingerprint density at radius 2 is 1.76 bits per heavy atom. The zero-order valence-corrected chi connectivity index (χ0v) is 22.6. The predicted octanol–water partition coefficient (Wildman–Crippen LogP) is 7.19. The summed E-state index contributed by atoms with van der Waals surface area (Å²) in [5, 5.41) is 19.7. The van der Waals surface area contributed by atoms with Crippen molar-refractivity contribution in [2.45, 2.75) is 65.1 Å². The molecule has 0 radical (unpaired) electrons. The van der Waals surface area contributed by atoms with Gasteiger partial charge in [0.05, 0.1) is 12.7 Å². The molecule has 2 aromatic carbocycles. The van der Waals surface area contributed by atoms with Gasteiger partial charge in [-0.25, -0.2) is 4.79 Å². The Balaban J connectivity index is 1.58. The molecule has 200 valence electrons. The monoisotopic (exact) mass is 512 g/mol. The van der Waals surface area contributed by atoms with E-state index in [-0.39, 0.29) is 18.6 Å². The molecule has 0 bridgehead atoms. The van der Waals surface area contributed by atoms with E-state index in [1.54, 1.807) is 0 Å². The molecule has 1 saturated carbocycles. The van der Waals surface area contributed by atoms with Crippen LogP contribution in [0, 0.1) is 23.2 Å². The van der Waals surface area contributed by atoms with Gasteiger partial charge in [0, 0.05) is 17.4 Å². The second-order valence-electron chi connectivity index (χ2n) is 9.99. The first-order chi connectivity index (χ1) is 18.5. The molecule has 38 heavy (non-hydrogen) atoms. The predicted molar refractivity (Wildman–Crippen MR) is 154 cm³/mol. The van der Waals surface area contributed by atoms with Crippen LogP contribution in [0.3, 0.4) is 0 Å². The zero-order valence-electron chi connectivity index (χ0n) is 22.6. The Kier molecular flexibility index (Phi) is 11.6. The van der Waals surface area contributed by atoms with Gasteiger partial charge in [0.15, 0.2) is 0 Å². The lowest BCUT2D eigenvalue weighted by Crippen LogP contribution is -2.40. The van der Waals surface area contributed by atoms with Gasteiger partial charge in [-0.05, 0) is 54.9 Å². The van der Waals surface area contributed by atoms with Crippen LogP contribution in [0.2, 0.25) is 0 Å². The molecular weight excluding hydrogens is 472 g/mol. The third kappa shape index (κ3) is 8.87. The Labute approximate surface area is 227 Å². The van der Waals surface area contributed by atoms with E-state index in [1.165, 1.54) is 5.57 Å². The number of aliphatic carboxylic acids is 1. The maximum Gasteiger partial charge on any atom is 0.329 e. The first-order valence-electron chi connectivity index (χ1n) is 13.6. The van der Waals surface area contributed by atoms with E-state index < -0.39 is 12.1 Å². The first kappa shape index (κ1) is 29.2. The highest BCUT2D eigenvalue weighted by molar-refractivity contribution is 5.68. The number of ether oxygens (including phenoxy) is 1. The highest BCUT2D eigenvalue weighted by Gasteiger charge is 2.41. The molecule has 1 aliphatic carbocycles. The van der Waals surface area contributed by atoms with Gasteiger partial charge in [0.2, 0.25) is 0 Å². The number of allylic oxidation sites excluding steroid dienone is 4. The molecular formula is C34H40O4. The molecule has 2 unspecified atom stereocenters. The second-order valence-corrected chi connectivity index (χ2v) is 9.99. The van der Waals surface area contributed by atoms with Crippen LogP contribution in [0.1, 0.15) is 69.1 Å². The lowest BCUT2D eigenvalue weighted by Gasteiger charge is -2.43. The third-order valence-electron chi connectivity index (χ3n) is 7.32. The normalized spacial score (nSPS) is 16.6. The summed E-state index contributed by atoms with van der Waals surface area (Å²) < 4.78 is 5.16. The van der Waals surface area contributed by atoms with Crippen LogP contribution < -0.4 is 0 Å². The topological polar surface area (TPSA) is 66.8 Å². The average Bonchev–Trinajstić information content (AvgIpc) is 2.90. The van der Waals surface area contributed by atoms with E-state index >= 15 is 0 Å². The van der Waals surface area contributed by atoms with Gasteiger partial charge in [-0.2, -0.15) is 0 Å². The molecule has 2 aromatic rings. The van der Waals surface area contributed by atoms with Crippen molar-refractivity contribution in [3.63, 3.8) is 0 Å². The number of benzene rings is 2. The Morgan fingerprint density at radius 1 is 1.05 bits per heavy atom. The number of carbonyl (C=O) groups is 1. The van der Waals surface area contributed by atoms with Crippen molar-refractivity contribution in [2.75, 3.05) is 6.61 Å². The molecule has 0 amide bonds. The average molecular weight is 513 g/mol. The van der Waals surface area contributed by atoms with Crippen molar-refractivity contribution in [3.05, 3.63) is 101 Å². The van der Waals surface area contributed by atoms with Crippen LogP contribution >= 0.6 is 0 Å². The van der Waals surface area contributed by atoms with Crippen LogP contribution in [0.4, 0.5) is 0 Å². The largest absolute Gasteiger partial charge is 0.480 e. The quantitative estimate of drug-likeness (QED) is 0.220. The number of aliphatic hydroxyl groups is 1. The highest BCUT2D eigenvalue weighted by Crippen LogP contribution is 2.47. The van der Waals surface area contributed by atoms with Crippen LogP contribution in [-0.4, -0.2) is 28.9 Å². The number of aliphatic hydroxyl groups excluding tert-OH is 1. The van der Waals surface area contributed by atoms with Crippen molar-refractivity contribution >= 4 is 12.0 Å². The number of hydrogen-bond donors (Lipinski definition) is 2. The maximum absolute atomic E-state index is 11.0. The lowest BCUT2D eigenvalue weighted by atomic mass is 9.63. The lowest BCUT2D eigenvalue weighted by molar-refractivity contribution is -0.142. The molecule has 0 heterocycles. The Hall–Kier alpha value is -3.39. The van der Waals surface area contributed by atoms with Gasteiger partial charge < -0.3 is 14.9 Å². The van der Waals surface area contributed by atoms with E-state index in [2.05, 4.69) is 43.9 Å². The first-order valence-corrected chi connectivity index (χ1v) is 13.6. The van der Waals surface area contributed by atoms with E-state index in [0.29, 0.717) is 12.3 Å². The third-order valence-corrected chi connectivity index (χ3v) is 7.32. The molecule has 4 nitrogen and oxygen atoms in total. The van der Waals surface area contributed by atoms with Crippen LogP contribution in [0.25, 0.3) is 6.08 Å². The van der Waals surface area contributed by atoms with Gasteiger partial charge >= 0.3 is 5.97 Å². The fraction of sp³-hybridized carbons (Fsp3) is 0.382. The molecule has 4 heteroatoms. The number of rotatable bonds is 13. The standard InChI is InChI=1S/C34H40O4/c1-3-30(31(4-2)24-28-17-19-29(20-18-28)25-38-26-33(36)37)15-8-9-16-32(35)34(22-11-23-34)21-10-14-27-12-6-5-7-13-27/h5-9,12-13,15-20,24,30,32,35H,3-4,11,21-23,25-26H2,1-2H3,(H,36,37)/b15-8+,16-9+,31-24+. The van der Waals surface area contributed by atoms with Crippen molar-refractivity contribution in [1.29, 1.82) is 0 Å². The SMILES string of the molecule is CC/C(=C\c1ccc(COCC(=O)O)cc1)C(/C=C/C=C/C(O)C1(CC#Cc2ccccc2)CCC1)CC. The molecule has 2 atom stereocenters. The van der Waals surface area contributed by atoms with Crippen LogP contribution in [0.15, 0.2) is 84.5 Å². The maximum atomic E-state index is 11.0. The van der Waals surface area contributed by atoms with Crippen LogP contribution in [-0.2, 0) is 16.1 Å². The molecule has 1 fully saturated rings. The van der Waals surface area contributed by atoms with Crippen molar-refractivity contribution in [2.24, 2.45) is 11.3 Å². The van der Waals surface area contributed by atoms with Gasteiger partial charge in [-0.15, -0.1) is 0 Å². The van der Waals surface area contributed by atoms with E-state index in [0.717, 1.165) is 48.8 Å². The molecule has 1 aliphatic rings. The molecule has 0 aromatic heterocycles. The molecule has 0 aliphatic heterocycles. The van der Waals surface area contributed by atoms with E-state index in [1.807, 2.05) is 66.7 Å². The summed E-state index contributed by atoms with van der Waals surface area (Å²) in [6, 6.07) is 18.0. The summed E-state index contributed by atoms with van der Waals surface area (Å²) in [7, 11) is 0. The molecule has 0 spiro atoms. The number of hydrogen-bond acceptors (Lipinski definition) is 3. The Bertz CT molecular complexity index is 1160. The van der Waals surface area contributed by atoms with Crippen LogP contribution in [0.5, 0.6) is 0 Å². The number of carboxylic acids is 1. The summed E-state index contributed by atoms with van der Waals surface area (Å²) in [6.07, 6.45) is 15.7. The summed E-state index contributed by atoms with van der Waals surface area (Å²) in [4.78, 5) is 10.6. The minimum Gasteiger partial charge on any atom is -0.480 e. The fourth-order valence-corrected chi connectivity index (χ4v) is 4.80. The highest BCUT2D eigenvalue weighted by atomic mass is 16.5. The molecule has 0 saturated heterocycles.